The van der Waals surface area contributed by atoms with Crippen LogP contribution in [-0.4, -0.2) is 20.6 Å². The van der Waals surface area contributed by atoms with Crippen molar-refractivity contribution in [3.63, 3.8) is 0 Å². The first-order chi connectivity index (χ1) is 13.7. The van der Waals surface area contributed by atoms with E-state index < -0.39 is 0 Å². The van der Waals surface area contributed by atoms with Gasteiger partial charge in [-0.2, -0.15) is 0 Å². The van der Waals surface area contributed by atoms with Gasteiger partial charge in [0, 0.05) is 22.4 Å². The Bertz CT molecular complexity index is 1350. The van der Waals surface area contributed by atoms with Gasteiger partial charge in [0.2, 0.25) is 5.78 Å². The summed E-state index contributed by atoms with van der Waals surface area (Å²) in [7, 11) is 0. The number of aromatic nitrogens is 3. The monoisotopic (exact) mass is 404 g/mol. The van der Waals surface area contributed by atoms with Crippen LogP contribution in [-0.2, 0) is 0 Å². The fourth-order valence-electron chi connectivity index (χ4n) is 3.28. The quantitative estimate of drug-likeness (QED) is 0.341. The van der Waals surface area contributed by atoms with Crippen molar-refractivity contribution in [3.05, 3.63) is 88.4 Å². The Hall–Kier alpha value is -3.08. The number of nitrogens with zero attached hydrogens (tertiary/aromatic N) is 3. The number of nitrogens with one attached hydrogen (secondary N) is 1. The first kappa shape index (κ1) is 17.0. The van der Waals surface area contributed by atoms with Crippen LogP contribution in [0, 0.1) is 0 Å². The number of aromatic amines is 1. The van der Waals surface area contributed by atoms with Gasteiger partial charge in [-0.15, -0.1) is 0 Å². The number of rotatable bonds is 3. The molecule has 4 nitrogen and oxygen atoms in total. The molecule has 3 aromatic carbocycles. The molecule has 0 saturated heterocycles. The van der Waals surface area contributed by atoms with Crippen LogP contribution < -0.4 is 0 Å². The van der Waals surface area contributed by atoms with Gasteiger partial charge in [0.15, 0.2) is 5.82 Å². The maximum Gasteiger partial charge on any atom is 0.214 e. The van der Waals surface area contributed by atoms with E-state index in [0.717, 1.165) is 22.2 Å². The van der Waals surface area contributed by atoms with Crippen LogP contribution >= 0.6 is 23.2 Å². The van der Waals surface area contributed by atoms with Gasteiger partial charge in [-0.1, -0.05) is 71.7 Å². The lowest BCUT2D eigenvalue weighted by molar-refractivity contribution is 1.22. The van der Waals surface area contributed by atoms with E-state index in [9.17, 15) is 0 Å². The summed E-state index contributed by atoms with van der Waals surface area (Å²) in [5.41, 5.74) is 4.37. The number of fused-ring (bicyclic) bond motifs is 3. The average Bonchev–Trinajstić information content (AvgIpc) is 3.24. The van der Waals surface area contributed by atoms with E-state index in [1.54, 1.807) is 6.21 Å². The summed E-state index contributed by atoms with van der Waals surface area (Å²) in [5.74, 6) is 1.41. The van der Waals surface area contributed by atoms with Crippen molar-refractivity contribution in [3.8, 4) is 11.3 Å². The van der Waals surface area contributed by atoms with Crippen LogP contribution in [0.4, 0.5) is 5.82 Å². The number of halogens is 2. The number of aliphatic imine (C=N–C) groups is 1. The van der Waals surface area contributed by atoms with Gasteiger partial charge >= 0.3 is 0 Å². The maximum absolute atomic E-state index is 6.45. The fourth-order valence-corrected chi connectivity index (χ4v) is 3.69. The Morgan fingerprint density at radius 3 is 2.39 bits per heavy atom. The van der Waals surface area contributed by atoms with Gasteiger partial charge in [-0.25, -0.2) is 9.98 Å². The second-order valence-electron chi connectivity index (χ2n) is 6.34. The molecule has 2 aromatic heterocycles. The van der Waals surface area contributed by atoms with Crippen molar-refractivity contribution in [1.82, 2.24) is 14.4 Å². The summed E-state index contributed by atoms with van der Waals surface area (Å²) in [6, 6.07) is 23.3. The van der Waals surface area contributed by atoms with Gasteiger partial charge < -0.3 is 4.98 Å². The van der Waals surface area contributed by atoms with Crippen LogP contribution in [0.25, 0.3) is 28.1 Å². The van der Waals surface area contributed by atoms with Gasteiger partial charge in [-0.3, -0.25) is 4.40 Å². The third-order valence-electron chi connectivity index (χ3n) is 4.60. The van der Waals surface area contributed by atoms with E-state index in [1.165, 1.54) is 0 Å². The molecule has 0 aliphatic heterocycles. The van der Waals surface area contributed by atoms with E-state index in [0.29, 0.717) is 27.3 Å². The highest BCUT2D eigenvalue weighted by atomic mass is 35.5. The second-order valence-corrected chi connectivity index (χ2v) is 7.16. The molecule has 0 spiro atoms. The van der Waals surface area contributed by atoms with Gasteiger partial charge in [-0.05, 0) is 24.3 Å². The smallest absolute Gasteiger partial charge is 0.214 e. The molecule has 0 fully saturated rings. The third-order valence-corrected chi connectivity index (χ3v) is 5.28. The Kier molecular flexibility index (Phi) is 4.15. The first-order valence-corrected chi connectivity index (χ1v) is 9.50. The zero-order valence-corrected chi connectivity index (χ0v) is 16.1. The van der Waals surface area contributed by atoms with E-state index in [2.05, 4.69) is 4.98 Å². The molecule has 0 aliphatic carbocycles. The summed E-state index contributed by atoms with van der Waals surface area (Å²) in [4.78, 5) is 12.9. The van der Waals surface area contributed by atoms with Gasteiger partial charge in [0.25, 0.3) is 0 Å². The molecule has 1 N–H and O–H groups in total. The van der Waals surface area contributed by atoms with E-state index in [4.69, 9.17) is 33.2 Å². The van der Waals surface area contributed by atoms with Crippen LogP contribution in [0.15, 0.2) is 77.8 Å². The molecule has 6 heteroatoms. The van der Waals surface area contributed by atoms with Crippen LogP contribution in [0.3, 0.4) is 0 Å². The molecule has 136 valence electrons. The zero-order valence-electron chi connectivity index (χ0n) is 14.6. The molecule has 2 heterocycles. The zero-order chi connectivity index (χ0) is 19.1. The number of benzene rings is 3. The highest BCUT2D eigenvalue weighted by Gasteiger charge is 2.19. The highest BCUT2D eigenvalue weighted by Crippen LogP contribution is 2.37. The first-order valence-electron chi connectivity index (χ1n) is 8.75. The molecule has 28 heavy (non-hydrogen) atoms. The maximum atomic E-state index is 6.45. The molecular weight excluding hydrogens is 391 g/mol. The lowest BCUT2D eigenvalue weighted by Gasteiger charge is -2.03. The van der Waals surface area contributed by atoms with Crippen molar-refractivity contribution < 1.29 is 0 Å². The summed E-state index contributed by atoms with van der Waals surface area (Å²) in [6.45, 7) is 0. The van der Waals surface area contributed by atoms with Crippen LogP contribution in [0.5, 0.6) is 0 Å². The predicted octanol–water partition coefficient (Wildman–Crippen LogP) is 6.54. The average molecular weight is 405 g/mol. The van der Waals surface area contributed by atoms with Gasteiger partial charge in [0.1, 0.15) is 5.69 Å². The Balaban J connectivity index is 1.79. The number of para-hydroxylation sites is 2. The largest absolute Gasteiger partial charge is 0.323 e. The molecule has 0 bridgehead atoms. The molecule has 0 saturated carbocycles. The van der Waals surface area contributed by atoms with Crippen LogP contribution in [0.1, 0.15) is 5.56 Å². The Morgan fingerprint density at radius 1 is 0.857 bits per heavy atom. The number of hydrogen-bond acceptors (Lipinski definition) is 2. The Morgan fingerprint density at radius 2 is 1.57 bits per heavy atom. The van der Waals surface area contributed by atoms with Crippen molar-refractivity contribution in [1.29, 1.82) is 0 Å². The fraction of sp³-hybridized carbons (Fsp3) is 0. The van der Waals surface area contributed by atoms with Crippen molar-refractivity contribution >= 4 is 52.0 Å². The molecule has 5 aromatic rings. The molecular formula is C22H14Cl2N4. The lowest BCUT2D eigenvalue weighted by atomic mass is 10.1. The van der Waals surface area contributed by atoms with E-state index in [1.807, 2.05) is 77.2 Å². The molecule has 0 unspecified atom stereocenters. The number of hydrogen-bond donors (Lipinski definition) is 1. The molecule has 0 aliphatic rings. The normalized spacial score (nSPS) is 11.8. The highest BCUT2D eigenvalue weighted by molar-refractivity contribution is 6.33. The number of imidazole rings is 2. The van der Waals surface area contributed by atoms with Crippen LogP contribution in [0.2, 0.25) is 10.0 Å². The summed E-state index contributed by atoms with van der Waals surface area (Å²) in [6.07, 6.45) is 1.76. The minimum absolute atomic E-state index is 0.627. The number of H-pyrrole nitrogens is 1. The summed E-state index contributed by atoms with van der Waals surface area (Å²) in [5, 5.41) is 1.27. The third kappa shape index (κ3) is 2.78. The van der Waals surface area contributed by atoms with Crippen molar-refractivity contribution in [2.24, 2.45) is 4.99 Å². The molecule has 5 rings (SSSR count). The molecule has 0 amide bonds. The van der Waals surface area contributed by atoms with Crippen molar-refractivity contribution in [2.45, 2.75) is 0 Å². The summed E-state index contributed by atoms with van der Waals surface area (Å²) < 4.78 is 2.00. The molecule has 0 atom stereocenters. The SMILES string of the molecule is Clc1ccccc1/C=N/c1c(-c2ccccc2Cl)nc2[nH]c3ccccc3n12. The standard InChI is InChI=1S/C22H14Cl2N4/c23-16-9-3-1-7-14(16)13-25-21-20(15-8-2-4-10-17(15)24)27-22-26-18-11-5-6-12-19(18)28(21)22/h1-13H,(H,26,27)/b25-13+. The second kappa shape index (κ2) is 6.82. The van der Waals surface area contributed by atoms with E-state index in [-0.39, 0.29) is 0 Å². The topological polar surface area (TPSA) is 45.5 Å². The van der Waals surface area contributed by atoms with Crippen molar-refractivity contribution in [2.75, 3.05) is 0 Å². The predicted molar refractivity (Wildman–Crippen MR) is 116 cm³/mol. The van der Waals surface area contributed by atoms with Gasteiger partial charge in [0.05, 0.1) is 16.1 Å². The summed E-state index contributed by atoms with van der Waals surface area (Å²) >= 11 is 12.8. The molecule has 0 radical (unpaired) electrons. The minimum atomic E-state index is 0.627. The lowest BCUT2D eigenvalue weighted by Crippen LogP contribution is -1.86. The minimum Gasteiger partial charge on any atom is -0.323 e. The Labute approximate surface area is 171 Å². The van der Waals surface area contributed by atoms with E-state index >= 15 is 0 Å².